The number of aromatic nitrogens is 4. The monoisotopic (exact) mass is 277 g/mol. The molecular formula is C13H19N5S. The number of hydrogen-bond acceptors (Lipinski definition) is 5. The van der Waals surface area contributed by atoms with Gasteiger partial charge in [0.25, 0.3) is 0 Å². The van der Waals surface area contributed by atoms with Gasteiger partial charge < -0.3 is 5.73 Å². The molecule has 0 bridgehead atoms. The Morgan fingerprint density at radius 3 is 2.79 bits per heavy atom. The van der Waals surface area contributed by atoms with Crippen molar-refractivity contribution in [2.45, 2.75) is 31.0 Å². The van der Waals surface area contributed by atoms with E-state index in [0.717, 1.165) is 23.8 Å². The van der Waals surface area contributed by atoms with E-state index >= 15 is 0 Å². The van der Waals surface area contributed by atoms with Gasteiger partial charge in [-0.1, -0.05) is 42.1 Å². The first-order valence-electron chi connectivity index (χ1n) is 6.53. The fourth-order valence-electron chi connectivity index (χ4n) is 1.80. The van der Waals surface area contributed by atoms with Gasteiger partial charge in [-0.25, -0.2) is 4.68 Å². The minimum atomic E-state index is 0.562. The lowest BCUT2D eigenvalue weighted by atomic mass is 10.1. The van der Waals surface area contributed by atoms with Crippen LogP contribution in [0.4, 0.5) is 0 Å². The zero-order chi connectivity index (χ0) is 13.3. The molecule has 1 aromatic heterocycles. The molecule has 1 heterocycles. The quantitative estimate of drug-likeness (QED) is 0.588. The van der Waals surface area contributed by atoms with Gasteiger partial charge in [-0.3, -0.25) is 0 Å². The van der Waals surface area contributed by atoms with Crippen molar-refractivity contribution in [2.24, 2.45) is 5.73 Å². The minimum absolute atomic E-state index is 0.562. The largest absolute Gasteiger partial charge is 0.329 e. The first-order chi connectivity index (χ1) is 9.40. The predicted octanol–water partition coefficient (Wildman–Crippen LogP) is 1.75. The Balaban J connectivity index is 1.65. The normalized spacial score (nSPS) is 10.8. The molecule has 0 spiro atoms. The molecule has 5 nitrogen and oxygen atoms in total. The molecule has 6 heteroatoms. The maximum absolute atomic E-state index is 5.50. The van der Waals surface area contributed by atoms with Crippen molar-refractivity contribution >= 4 is 11.8 Å². The number of nitrogens with zero attached hydrogens (tertiary/aromatic N) is 4. The van der Waals surface area contributed by atoms with Crippen LogP contribution in [0.25, 0.3) is 0 Å². The molecule has 0 aliphatic carbocycles. The van der Waals surface area contributed by atoms with Crippen molar-refractivity contribution in [2.75, 3.05) is 12.3 Å². The maximum Gasteiger partial charge on any atom is 0.209 e. The highest BCUT2D eigenvalue weighted by Crippen LogP contribution is 2.16. The third kappa shape index (κ3) is 4.65. The lowest BCUT2D eigenvalue weighted by Gasteiger charge is -2.03. The molecule has 2 rings (SSSR count). The summed E-state index contributed by atoms with van der Waals surface area (Å²) >= 11 is 1.70. The smallest absolute Gasteiger partial charge is 0.209 e. The number of benzene rings is 1. The Morgan fingerprint density at radius 1 is 1.16 bits per heavy atom. The van der Waals surface area contributed by atoms with Crippen molar-refractivity contribution < 1.29 is 0 Å². The van der Waals surface area contributed by atoms with E-state index in [2.05, 4.69) is 45.9 Å². The molecule has 0 aliphatic rings. The molecule has 0 aliphatic heterocycles. The summed E-state index contributed by atoms with van der Waals surface area (Å²) in [6.45, 7) is 1.24. The van der Waals surface area contributed by atoms with Gasteiger partial charge in [-0.15, -0.1) is 5.10 Å². The Bertz CT molecular complexity index is 471. The Hall–Kier alpha value is -1.40. The van der Waals surface area contributed by atoms with E-state index in [0.29, 0.717) is 13.1 Å². The van der Waals surface area contributed by atoms with Crippen LogP contribution in [0.1, 0.15) is 18.4 Å². The lowest BCUT2D eigenvalue weighted by molar-refractivity contribution is 0.556. The van der Waals surface area contributed by atoms with Gasteiger partial charge >= 0.3 is 0 Å². The lowest BCUT2D eigenvalue weighted by Crippen LogP contribution is -2.12. The molecule has 0 amide bonds. The summed E-state index contributed by atoms with van der Waals surface area (Å²) in [7, 11) is 0. The molecule has 0 radical (unpaired) electrons. The van der Waals surface area contributed by atoms with Crippen LogP contribution in [0.3, 0.4) is 0 Å². The van der Waals surface area contributed by atoms with Gasteiger partial charge in [0.05, 0.1) is 6.54 Å². The summed E-state index contributed by atoms with van der Waals surface area (Å²) in [5.41, 5.74) is 6.91. The topological polar surface area (TPSA) is 69.6 Å². The van der Waals surface area contributed by atoms with Crippen LogP contribution in [0.2, 0.25) is 0 Å². The van der Waals surface area contributed by atoms with Crippen LogP contribution in [0.5, 0.6) is 0 Å². The fourth-order valence-corrected chi connectivity index (χ4v) is 2.70. The molecule has 1 aromatic carbocycles. The third-order valence-corrected chi connectivity index (χ3v) is 3.82. The second-order valence-corrected chi connectivity index (χ2v) is 5.33. The molecule has 102 valence electrons. The number of tetrazole rings is 1. The molecule has 2 aromatic rings. The first-order valence-corrected chi connectivity index (χ1v) is 7.51. The Labute approximate surface area is 117 Å². The molecular weight excluding hydrogens is 258 g/mol. The van der Waals surface area contributed by atoms with Gasteiger partial charge in [0, 0.05) is 12.3 Å². The zero-order valence-corrected chi connectivity index (χ0v) is 11.7. The fraction of sp³-hybridized carbons (Fsp3) is 0.462. The number of hydrogen-bond donors (Lipinski definition) is 1. The Morgan fingerprint density at radius 2 is 2.00 bits per heavy atom. The van der Waals surface area contributed by atoms with Crippen LogP contribution >= 0.6 is 11.8 Å². The van der Waals surface area contributed by atoms with Crippen LogP contribution in [0.15, 0.2) is 35.5 Å². The van der Waals surface area contributed by atoms with Crippen molar-refractivity contribution in [1.82, 2.24) is 20.2 Å². The van der Waals surface area contributed by atoms with Gasteiger partial charge in [0.2, 0.25) is 5.16 Å². The summed E-state index contributed by atoms with van der Waals surface area (Å²) in [4.78, 5) is 0. The molecule has 2 N–H and O–H groups in total. The first kappa shape index (κ1) is 14.0. The van der Waals surface area contributed by atoms with E-state index in [4.69, 9.17) is 5.73 Å². The summed E-state index contributed by atoms with van der Waals surface area (Å²) in [6, 6.07) is 10.6. The molecule has 0 fully saturated rings. The average Bonchev–Trinajstić information content (AvgIpc) is 2.88. The summed E-state index contributed by atoms with van der Waals surface area (Å²) < 4.78 is 1.77. The minimum Gasteiger partial charge on any atom is -0.329 e. The van der Waals surface area contributed by atoms with Gasteiger partial charge in [-0.05, 0) is 35.3 Å². The second kappa shape index (κ2) is 7.91. The number of thioether (sulfide) groups is 1. The van der Waals surface area contributed by atoms with Crippen molar-refractivity contribution in [3.63, 3.8) is 0 Å². The van der Waals surface area contributed by atoms with Crippen molar-refractivity contribution in [1.29, 1.82) is 0 Å². The van der Waals surface area contributed by atoms with Gasteiger partial charge in [0.15, 0.2) is 0 Å². The molecule has 0 unspecified atom stereocenters. The Kier molecular flexibility index (Phi) is 5.84. The van der Waals surface area contributed by atoms with E-state index < -0.39 is 0 Å². The average molecular weight is 277 g/mol. The maximum atomic E-state index is 5.50. The van der Waals surface area contributed by atoms with Crippen LogP contribution in [0, 0.1) is 0 Å². The summed E-state index contributed by atoms with van der Waals surface area (Å²) in [5, 5.41) is 12.4. The number of nitrogens with two attached hydrogens (primary N) is 1. The highest BCUT2D eigenvalue weighted by atomic mass is 32.2. The zero-order valence-electron chi connectivity index (χ0n) is 10.9. The van der Waals surface area contributed by atoms with Crippen LogP contribution in [-0.2, 0) is 13.0 Å². The summed E-state index contributed by atoms with van der Waals surface area (Å²) in [6.07, 6.45) is 3.49. The number of rotatable bonds is 8. The van der Waals surface area contributed by atoms with Gasteiger partial charge in [-0.2, -0.15) is 0 Å². The van der Waals surface area contributed by atoms with E-state index in [1.54, 1.807) is 16.4 Å². The summed E-state index contributed by atoms with van der Waals surface area (Å²) in [5.74, 6) is 1.04. The number of aryl methyl sites for hydroxylation is 1. The highest BCUT2D eigenvalue weighted by molar-refractivity contribution is 7.99. The third-order valence-electron chi connectivity index (χ3n) is 2.77. The van der Waals surface area contributed by atoms with E-state index in [9.17, 15) is 0 Å². The molecule has 0 saturated carbocycles. The van der Waals surface area contributed by atoms with Crippen LogP contribution < -0.4 is 5.73 Å². The molecule has 0 saturated heterocycles. The SMILES string of the molecule is NCCn1nnnc1SCCCCc1ccccc1. The number of unbranched alkanes of at least 4 members (excludes halogenated alkanes) is 1. The molecule has 0 atom stereocenters. The van der Waals surface area contributed by atoms with E-state index in [1.165, 1.54) is 12.0 Å². The second-order valence-electron chi connectivity index (χ2n) is 4.26. The van der Waals surface area contributed by atoms with Crippen molar-refractivity contribution in [3.8, 4) is 0 Å². The standard InChI is InChI=1S/C13H19N5S/c14-9-10-18-13(15-16-17-18)19-11-5-4-8-12-6-2-1-3-7-12/h1-3,6-7H,4-5,8-11,14H2. The van der Waals surface area contributed by atoms with E-state index in [1.807, 2.05) is 0 Å². The predicted molar refractivity (Wildman–Crippen MR) is 77.0 cm³/mol. The van der Waals surface area contributed by atoms with Crippen LogP contribution in [-0.4, -0.2) is 32.5 Å². The van der Waals surface area contributed by atoms with Crippen molar-refractivity contribution in [3.05, 3.63) is 35.9 Å². The van der Waals surface area contributed by atoms with Gasteiger partial charge in [0.1, 0.15) is 0 Å². The highest BCUT2D eigenvalue weighted by Gasteiger charge is 2.05. The van der Waals surface area contributed by atoms with E-state index in [-0.39, 0.29) is 0 Å². The molecule has 19 heavy (non-hydrogen) atoms.